The lowest BCUT2D eigenvalue weighted by Crippen LogP contribution is -2.39. The highest BCUT2D eigenvalue weighted by molar-refractivity contribution is 6.34. The first-order valence-electron chi connectivity index (χ1n) is 12.1. The number of aliphatic hydroxyl groups is 1. The van der Waals surface area contributed by atoms with Gasteiger partial charge in [0.25, 0.3) is 0 Å². The Kier molecular flexibility index (Phi) is 5.70. The molecule has 36 heavy (non-hydrogen) atoms. The normalized spacial score (nSPS) is 18.8. The highest BCUT2D eigenvalue weighted by Gasteiger charge is 2.31. The number of nitrogens with zero attached hydrogens (tertiary/aromatic N) is 7. The van der Waals surface area contributed by atoms with E-state index >= 15 is 4.39 Å². The topological polar surface area (TPSA) is 94.1 Å². The minimum absolute atomic E-state index is 0.205. The van der Waals surface area contributed by atoms with Crippen LogP contribution in [0.2, 0.25) is 5.15 Å². The van der Waals surface area contributed by atoms with Crippen LogP contribution >= 0.6 is 11.6 Å². The van der Waals surface area contributed by atoms with Gasteiger partial charge in [0.1, 0.15) is 27.9 Å². The molecule has 1 aliphatic carbocycles. The monoisotopic (exact) mass is 511 g/mol. The number of anilines is 1. The van der Waals surface area contributed by atoms with Crippen LogP contribution in [-0.4, -0.2) is 54.3 Å². The van der Waals surface area contributed by atoms with Crippen LogP contribution in [0.25, 0.3) is 33.3 Å². The van der Waals surface area contributed by atoms with Crippen molar-refractivity contribution < 1.29 is 14.2 Å². The third-order valence-corrected chi connectivity index (χ3v) is 7.64. The number of rotatable bonds is 5. The van der Waals surface area contributed by atoms with E-state index in [-0.39, 0.29) is 35.0 Å². The summed E-state index contributed by atoms with van der Waals surface area (Å²) >= 11 is 6.36. The van der Waals surface area contributed by atoms with Gasteiger partial charge in [0.2, 0.25) is 0 Å². The van der Waals surface area contributed by atoms with E-state index in [1.54, 1.807) is 23.9 Å². The summed E-state index contributed by atoms with van der Waals surface area (Å²) in [5, 5.41) is 19.7. The molecule has 1 atom stereocenters. The number of aryl methyl sites for hydroxylation is 1. The van der Waals surface area contributed by atoms with Gasteiger partial charge >= 0.3 is 0 Å². The van der Waals surface area contributed by atoms with Crippen LogP contribution in [0.5, 0.6) is 0 Å². The van der Waals surface area contributed by atoms with Crippen molar-refractivity contribution in [3.05, 3.63) is 40.9 Å². The van der Waals surface area contributed by atoms with Crippen LogP contribution in [0.15, 0.2) is 24.3 Å². The molecule has 1 saturated heterocycles. The van der Waals surface area contributed by atoms with E-state index in [1.165, 1.54) is 10.3 Å². The van der Waals surface area contributed by atoms with Crippen molar-refractivity contribution in [2.75, 3.05) is 18.6 Å². The van der Waals surface area contributed by atoms with Crippen LogP contribution in [0.3, 0.4) is 0 Å². The van der Waals surface area contributed by atoms with Crippen LogP contribution in [0, 0.1) is 5.82 Å². The van der Waals surface area contributed by atoms with Gasteiger partial charge in [-0.25, -0.2) is 19.0 Å². The van der Waals surface area contributed by atoms with E-state index in [1.807, 2.05) is 11.9 Å². The van der Waals surface area contributed by atoms with Crippen LogP contribution in [0.4, 0.5) is 10.2 Å². The van der Waals surface area contributed by atoms with Crippen molar-refractivity contribution in [1.82, 2.24) is 29.5 Å². The molecule has 1 N–H and O–H groups in total. The number of aromatic nitrogens is 6. The number of hydrogen-bond donors (Lipinski definition) is 1. The van der Waals surface area contributed by atoms with Crippen LogP contribution in [-0.2, 0) is 18.4 Å². The maximum atomic E-state index is 15.9. The Morgan fingerprint density at radius 3 is 2.75 bits per heavy atom. The third kappa shape index (κ3) is 3.58. The molecule has 1 aliphatic heterocycles. The number of benzene rings is 1. The Bertz CT molecular complexity index is 1500. The molecule has 188 valence electrons. The number of ether oxygens (including phenoxy) is 1. The quantitative estimate of drug-likeness (QED) is 0.394. The molecule has 9 nitrogen and oxygen atoms in total. The highest BCUT2D eigenvalue weighted by atomic mass is 35.5. The van der Waals surface area contributed by atoms with Crippen molar-refractivity contribution in [2.45, 2.75) is 51.0 Å². The Labute approximate surface area is 212 Å². The molecule has 0 bridgehead atoms. The summed E-state index contributed by atoms with van der Waals surface area (Å²) < 4.78 is 25.0. The third-order valence-electron chi connectivity index (χ3n) is 7.21. The first kappa shape index (κ1) is 23.3. The predicted octanol–water partition coefficient (Wildman–Crippen LogP) is 4.52. The van der Waals surface area contributed by atoms with Crippen molar-refractivity contribution in [2.24, 2.45) is 7.05 Å². The van der Waals surface area contributed by atoms with E-state index in [0.717, 1.165) is 32.1 Å². The fraction of sp³-hybridized carbons (Fsp3) is 0.440. The lowest BCUT2D eigenvalue weighted by atomic mass is 9.87. The summed E-state index contributed by atoms with van der Waals surface area (Å²) in [4.78, 5) is 11.8. The van der Waals surface area contributed by atoms with Crippen LogP contribution < -0.4 is 4.90 Å². The second-order valence-corrected chi connectivity index (χ2v) is 9.96. The standard InChI is InChI=1S/C25H27ClFN7O2/c1-13-10-14(11-13)32(2)24-17(12-35)28-22-21(31-34(25(22)29-24)18-6-4-5-9-36-18)15-7-8-16-19(20(15)27)23(26)33(3)30-16/h7-8,14,18,35H,1,4-6,9-12H2,2-3H3. The molecule has 6 rings (SSSR count). The van der Waals surface area contributed by atoms with E-state index in [4.69, 9.17) is 31.4 Å². The van der Waals surface area contributed by atoms with Gasteiger partial charge in [-0.3, -0.25) is 4.68 Å². The lowest BCUT2D eigenvalue weighted by Gasteiger charge is -2.37. The van der Waals surface area contributed by atoms with E-state index in [2.05, 4.69) is 11.7 Å². The molecule has 0 spiro atoms. The molecule has 2 aliphatic rings. The largest absolute Gasteiger partial charge is 0.390 e. The van der Waals surface area contributed by atoms with Gasteiger partial charge < -0.3 is 14.7 Å². The smallest absolute Gasteiger partial charge is 0.182 e. The Morgan fingerprint density at radius 1 is 1.25 bits per heavy atom. The molecule has 3 aromatic heterocycles. The number of halogens is 2. The molecule has 1 aromatic carbocycles. The average molecular weight is 512 g/mol. The van der Waals surface area contributed by atoms with Crippen molar-refractivity contribution in [3.8, 4) is 11.3 Å². The number of hydrogen-bond acceptors (Lipinski definition) is 7. The zero-order chi connectivity index (χ0) is 25.1. The Hall–Kier alpha value is -3.08. The van der Waals surface area contributed by atoms with E-state index in [9.17, 15) is 5.11 Å². The summed E-state index contributed by atoms with van der Waals surface area (Å²) in [6.45, 7) is 4.34. The maximum Gasteiger partial charge on any atom is 0.182 e. The molecule has 4 heterocycles. The SMILES string of the molecule is C=C1CC(N(C)c2nc3c(nc2CO)c(-c2ccc4nn(C)c(Cl)c4c2F)nn3C2CCCCO2)C1. The fourth-order valence-corrected chi connectivity index (χ4v) is 5.33. The van der Waals surface area contributed by atoms with Crippen LogP contribution in [0.1, 0.15) is 44.0 Å². The van der Waals surface area contributed by atoms with Gasteiger partial charge in [0.15, 0.2) is 17.7 Å². The van der Waals surface area contributed by atoms with Gasteiger partial charge in [-0.2, -0.15) is 10.2 Å². The van der Waals surface area contributed by atoms with Crippen molar-refractivity contribution >= 4 is 39.5 Å². The first-order valence-corrected chi connectivity index (χ1v) is 12.5. The maximum absolute atomic E-state index is 15.9. The van der Waals surface area contributed by atoms with E-state index in [0.29, 0.717) is 40.5 Å². The minimum atomic E-state index is -0.525. The molecule has 1 unspecified atom stereocenters. The summed E-state index contributed by atoms with van der Waals surface area (Å²) in [6, 6.07) is 3.59. The molecule has 4 aromatic rings. The molecule has 2 fully saturated rings. The first-order chi connectivity index (χ1) is 17.4. The molecular weight excluding hydrogens is 485 g/mol. The number of aliphatic hydroxyl groups excluding tert-OH is 1. The highest BCUT2D eigenvalue weighted by Crippen LogP contribution is 2.38. The molecule has 0 amide bonds. The summed E-state index contributed by atoms with van der Waals surface area (Å²) in [6.07, 6.45) is 4.14. The van der Waals surface area contributed by atoms with Crippen molar-refractivity contribution in [1.29, 1.82) is 0 Å². The fourth-order valence-electron chi connectivity index (χ4n) is 5.11. The molecular formula is C25H27ClFN7O2. The zero-order valence-corrected chi connectivity index (χ0v) is 21.0. The summed E-state index contributed by atoms with van der Waals surface area (Å²) in [5.74, 6) is 0.0560. The van der Waals surface area contributed by atoms with Gasteiger partial charge in [-0.15, -0.1) is 0 Å². The molecule has 11 heteroatoms. The second kappa shape index (κ2) is 8.79. The number of fused-ring (bicyclic) bond motifs is 2. The van der Waals surface area contributed by atoms with Gasteiger partial charge in [0.05, 0.1) is 17.5 Å². The Balaban J connectivity index is 1.57. The van der Waals surface area contributed by atoms with Gasteiger partial charge in [-0.05, 0) is 44.2 Å². The summed E-state index contributed by atoms with van der Waals surface area (Å²) in [5.41, 5.74) is 3.52. The lowest BCUT2D eigenvalue weighted by molar-refractivity contribution is -0.0368. The Morgan fingerprint density at radius 2 is 2.06 bits per heavy atom. The zero-order valence-electron chi connectivity index (χ0n) is 20.2. The molecule has 0 radical (unpaired) electrons. The molecule has 1 saturated carbocycles. The van der Waals surface area contributed by atoms with Gasteiger partial charge in [-0.1, -0.05) is 23.8 Å². The van der Waals surface area contributed by atoms with E-state index < -0.39 is 5.82 Å². The average Bonchev–Trinajstić information content (AvgIpc) is 3.38. The van der Waals surface area contributed by atoms with Crippen molar-refractivity contribution in [3.63, 3.8) is 0 Å². The van der Waals surface area contributed by atoms with Gasteiger partial charge in [0, 0.05) is 32.3 Å². The minimum Gasteiger partial charge on any atom is -0.390 e. The second-order valence-electron chi connectivity index (χ2n) is 9.60. The predicted molar refractivity (Wildman–Crippen MR) is 135 cm³/mol. The summed E-state index contributed by atoms with van der Waals surface area (Å²) in [7, 11) is 3.61.